The maximum absolute atomic E-state index is 13.3. The number of likely N-dealkylation sites (tertiary alicyclic amines) is 1. The van der Waals surface area contributed by atoms with Crippen LogP contribution in [-0.2, 0) is 13.2 Å². The summed E-state index contributed by atoms with van der Waals surface area (Å²) < 4.78 is 19.0. The van der Waals surface area contributed by atoms with Gasteiger partial charge in [0.15, 0.2) is 0 Å². The zero-order valence-electron chi connectivity index (χ0n) is 18.2. The number of rotatable bonds is 7. The number of nitrogens with one attached hydrogen (secondary N) is 2. The molecule has 7 heteroatoms. The molecule has 1 heterocycles. The third-order valence-electron chi connectivity index (χ3n) is 5.41. The molecule has 4 rings (SSSR count). The Bertz CT molecular complexity index is 1130. The van der Waals surface area contributed by atoms with E-state index in [2.05, 4.69) is 10.6 Å². The second kappa shape index (κ2) is 10.6. The number of carbonyl (C=O) groups is 2. The van der Waals surface area contributed by atoms with Crippen LogP contribution in [0.15, 0.2) is 72.8 Å². The molecule has 0 radical (unpaired) electrons. The molecule has 0 aromatic heterocycles. The minimum absolute atomic E-state index is 0.0360. The fourth-order valence-electron chi connectivity index (χ4n) is 3.73. The number of halogens is 1. The molecule has 2 N–H and O–H groups in total. The van der Waals surface area contributed by atoms with E-state index in [-0.39, 0.29) is 24.4 Å². The molecular formula is C26H26FN3O3. The summed E-state index contributed by atoms with van der Waals surface area (Å²) in [6.07, 6.45) is 2.09. The summed E-state index contributed by atoms with van der Waals surface area (Å²) >= 11 is 0. The Kier molecular flexibility index (Phi) is 7.19. The van der Waals surface area contributed by atoms with Gasteiger partial charge in [-0.3, -0.25) is 4.79 Å². The van der Waals surface area contributed by atoms with Gasteiger partial charge in [0.25, 0.3) is 5.91 Å². The Balaban J connectivity index is 1.29. The molecule has 3 amide bonds. The molecule has 0 aliphatic carbocycles. The minimum atomic E-state index is -0.367. The van der Waals surface area contributed by atoms with Gasteiger partial charge in [0.2, 0.25) is 0 Å². The van der Waals surface area contributed by atoms with Crippen molar-refractivity contribution in [3.8, 4) is 5.75 Å². The van der Waals surface area contributed by atoms with E-state index in [1.54, 1.807) is 42.5 Å². The maximum atomic E-state index is 13.3. The first-order valence-corrected chi connectivity index (χ1v) is 11.0. The molecule has 0 spiro atoms. The van der Waals surface area contributed by atoms with Crippen LogP contribution in [0.2, 0.25) is 0 Å². The molecule has 1 aliphatic rings. The molecule has 3 aromatic rings. The first-order valence-electron chi connectivity index (χ1n) is 11.0. The number of ether oxygens (including phenoxy) is 1. The van der Waals surface area contributed by atoms with Crippen molar-refractivity contribution in [1.29, 1.82) is 0 Å². The van der Waals surface area contributed by atoms with Crippen molar-refractivity contribution >= 4 is 17.6 Å². The zero-order valence-corrected chi connectivity index (χ0v) is 18.2. The average molecular weight is 448 g/mol. The van der Waals surface area contributed by atoms with Crippen molar-refractivity contribution in [3.05, 3.63) is 95.3 Å². The molecule has 1 fully saturated rings. The number of nitrogens with zero attached hydrogens (tertiary/aromatic N) is 1. The van der Waals surface area contributed by atoms with E-state index in [4.69, 9.17) is 4.74 Å². The predicted octanol–water partition coefficient (Wildman–Crippen LogP) is 4.96. The van der Waals surface area contributed by atoms with Gasteiger partial charge in [-0.25, -0.2) is 9.18 Å². The molecule has 6 nitrogen and oxygen atoms in total. The summed E-state index contributed by atoms with van der Waals surface area (Å²) in [5.74, 6) is 0.285. The minimum Gasteiger partial charge on any atom is -0.489 e. The second-order valence-electron chi connectivity index (χ2n) is 7.95. The summed E-state index contributed by atoms with van der Waals surface area (Å²) in [7, 11) is 0. The summed E-state index contributed by atoms with van der Waals surface area (Å²) in [6.45, 7) is 2.12. The van der Waals surface area contributed by atoms with Crippen LogP contribution in [0.1, 0.15) is 34.3 Å². The van der Waals surface area contributed by atoms with Crippen molar-refractivity contribution in [2.45, 2.75) is 26.0 Å². The number of anilines is 1. The standard InChI is InChI=1S/C26H26FN3O3/c27-22-9-4-7-20(15-22)18-33-24-11-5-10-23(16-24)29-26(32)28-17-19-6-3-8-21(14-19)25(31)30-12-1-2-13-30/h3-11,14-16H,1-2,12-13,17-18H2,(H2,28,29,32). The molecule has 0 atom stereocenters. The van der Waals surface area contributed by atoms with Gasteiger partial charge in [0, 0.05) is 37.0 Å². The van der Waals surface area contributed by atoms with E-state index in [1.807, 2.05) is 23.1 Å². The van der Waals surface area contributed by atoms with Crippen molar-refractivity contribution in [3.63, 3.8) is 0 Å². The van der Waals surface area contributed by atoms with Crippen molar-refractivity contribution < 1.29 is 18.7 Å². The van der Waals surface area contributed by atoms with Gasteiger partial charge in [-0.15, -0.1) is 0 Å². The van der Waals surface area contributed by atoms with Gasteiger partial charge in [-0.2, -0.15) is 0 Å². The molecule has 170 valence electrons. The van der Waals surface area contributed by atoms with Gasteiger partial charge in [0.1, 0.15) is 18.2 Å². The first kappa shape index (κ1) is 22.3. The lowest BCUT2D eigenvalue weighted by atomic mass is 10.1. The SMILES string of the molecule is O=C(NCc1cccc(C(=O)N2CCCC2)c1)Nc1cccc(OCc2cccc(F)c2)c1. The molecular weight excluding hydrogens is 421 g/mol. The Morgan fingerprint density at radius 2 is 1.67 bits per heavy atom. The van der Waals surface area contributed by atoms with Gasteiger partial charge in [-0.05, 0) is 60.4 Å². The summed E-state index contributed by atoms with van der Waals surface area (Å²) in [5.41, 5.74) is 2.78. The Morgan fingerprint density at radius 3 is 2.48 bits per heavy atom. The normalized spacial score (nSPS) is 12.9. The van der Waals surface area contributed by atoms with Crippen LogP contribution in [0.25, 0.3) is 0 Å². The van der Waals surface area contributed by atoms with Gasteiger partial charge in [-0.1, -0.05) is 30.3 Å². The Labute approximate surface area is 192 Å². The lowest BCUT2D eigenvalue weighted by molar-refractivity contribution is 0.0792. The van der Waals surface area contributed by atoms with Crippen LogP contribution in [0.4, 0.5) is 14.9 Å². The van der Waals surface area contributed by atoms with Gasteiger partial charge < -0.3 is 20.3 Å². The smallest absolute Gasteiger partial charge is 0.319 e. The lowest BCUT2D eigenvalue weighted by Gasteiger charge is -2.16. The van der Waals surface area contributed by atoms with E-state index in [0.29, 0.717) is 23.5 Å². The second-order valence-corrected chi connectivity index (χ2v) is 7.95. The maximum Gasteiger partial charge on any atom is 0.319 e. The Hall–Kier alpha value is -3.87. The third kappa shape index (κ3) is 6.32. The van der Waals surface area contributed by atoms with Crippen LogP contribution in [-0.4, -0.2) is 29.9 Å². The molecule has 0 unspecified atom stereocenters. The molecule has 3 aromatic carbocycles. The van der Waals surface area contributed by atoms with Crippen molar-refractivity contribution in [2.24, 2.45) is 0 Å². The van der Waals surface area contributed by atoms with Gasteiger partial charge in [0.05, 0.1) is 0 Å². The molecule has 0 saturated carbocycles. The quantitative estimate of drug-likeness (QED) is 0.538. The first-order chi connectivity index (χ1) is 16.1. The van der Waals surface area contributed by atoms with Crippen molar-refractivity contribution in [1.82, 2.24) is 10.2 Å². The lowest BCUT2D eigenvalue weighted by Crippen LogP contribution is -2.29. The summed E-state index contributed by atoms with van der Waals surface area (Å²) in [5, 5.41) is 5.59. The monoisotopic (exact) mass is 447 g/mol. The summed E-state index contributed by atoms with van der Waals surface area (Å²) in [4.78, 5) is 26.8. The third-order valence-corrected chi connectivity index (χ3v) is 5.41. The molecule has 1 aliphatic heterocycles. The van der Waals surface area contributed by atoms with Crippen LogP contribution in [0.3, 0.4) is 0 Å². The van der Waals surface area contributed by atoms with E-state index >= 15 is 0 Å². The van der Waals surface area contributed by atoms with E-state index in [1.165, 1.54) is 12.1 Å². The molecule has 33 heavy (non-hydrogen) atoms. The number of carbonyl (C=O) groups excluding carboxylic acids is 2. The topological polar surface area (TPSA) is 70.7 Å². The van der Waals surface area contributed by atoms with Crippen LogP contribution >= 0.6 is 0 Å². The van der Waals surface area contributed by atoms with E-state index < -0.39 is 0 Å². The van der Waals surface area contributed by atoms with Crippen LogP contribution in [0.5, 0.6) is 5.75 Å². The highest BCUT2D eigenvalue weighted by molar-refractivity contribution is 5.94. The highest BCUT2D eigenvalue weighted by Crippen LogP contribution is 2.19. The largest absolute Gasteiger partial charge is 0.489 e. The molecule has 1 saturated heterocycles. The zero-order chi connectivity index (χ0) is 23.0. The van der Waals surface area contributed by atoms with E-state index in [9.17, 15) is 14.0 Å². The van der Waals surface area contributed by atoms with Gasteiger partial charge >= 0.3 is 6.03 Å². The Morgan fingerprint density at radius 1 is 0.909 bits per heavy atom. The van der Waals surface area contributed by atoms with Crippen molar-refractivity contribution in [2.75, 3.05) is 18.4 Å². The number of amides is 3. The van der Waals surface area contributed by atoms with Crippen LogP contribution in [0, 0.1) is 5.82 Å². The highest BCUT2D eigenvalue weighted by Gasteiger charge is 2.19. The highest BCUT2D eigenvalue weighted by atomic mass is 19.1. The average Bonchev–Trinajstić information content (AvgIpc) is 3.37. The number of urea groups is 1. The van der Waals surface area contributed by atoms with E-state index in [0.717, 1.165) is 37.1 Å². The fourth-order valence-corrected chi connectivity index (χ4v) is 3.73. The summed E-state index contributed by atoms with van der Waals surface area (Å²) in [6, 6.07) is 20.2. The number of benzene rings is 3. The molecule has 0 bridgehead atoms. The number of hydrogen-bond donors (Lipinski definition) is 2. The number of hydrogen-bond acceptors (Lipinski definition) is 3. The fraction of sp³-hybridized carbons (Fsp3) is 0.231. The van der Waals surface area contributed by atoms with Crippen LogP contribution < -0.4 is 15.4 Å². The predicted molar refractivity (Wildman–Crippen MR) is 125 cm³/mol.